The number of halogens is 1. The molecule has 7 heteroatoms. The van der Waals surface area contributed by atoms with Crippen molar-refractivity contribution in [3.8, 4) is 0 Å². The van der Waals surface area contributed by atoms with E-state index in [1.165, 1.54) is 6.07 Å². The van der Waals surface area contributed by atoms with Gasteiger partial charge in [0.25, 0.3) is 17.7 Å². The van der Waals surface area contributed by atoms with Gasteiger partial charge in [0, 0.05) is 16.8 Å². The molecular formula is C22H18ClN3O3. The Kier molecular flexibility index (Phi) is 6.26. The van der Waals surface area contributed by atoms with Gasteiger partial charge >= 0.3 is 0 Å². The van der Waals surface area contributed by atoms with Crippen LogP contribution in [0.5, 0.6) is 0 Å². The molecule has 0 spiro atoms. The van der Waals surface area contributed by atoms with Crippen LogP contribution in [0.3, 0.4) is 0 Å². The summed E-state index contributed by atoms with van der Waals surface area (Å²) in [6.45, 7) is 1.87. The fourth-order valence-corrected chi connectivity index (χ4v) is 2.85. The lowest BCUT2D eigenvalue weighted by atomic mass is 10.1. The maximum absolute atomic E-state index is 12.4. The number of amides is 3. The van der Waals surface area contributed by atoms with Gasteiger partial charge in [-0.1, -0.05) is 47.5 Å². The molecule has 0 aliphatic carbocycles. The van der Waals surface area contributed by atoms with Crippen LogP contribution in [-0.2, 0) is 0 Å². The highest BCUT2D eigenvalue weighted by Gasteiger charge is 2.12. The lowest BCUT2D eigenvalue weighted by Gasteiger charge is -2.10. The summed E-state index contributed by atoms with van der Waals surface area (Å²) in [4.78, 5) is 36.9. The molecular weight excluding hydrogens is 390 g/mol. The van der Waals surface area contributed by atoms with E-state index in [-0.39, 0.29) is 11.5 Å². The van der Waals surface area contributed by atoms with E-state index in [4.69, 9.17) is 11.6 Å². The number of hydrazine groups is 1. The van der Waals surface area contributed by atoms with Gasteiger partial charge in [-0.25, -0.2) is 0 Å². The summed E-state index contributed by atoms with van der Waals surface area (Å²) < 4.78 is 0. The largest absolute Gasteiger partial charge is 0.322 e. The molecule has 3 N–H and O–H groups in total. The molecule has 0 aliphatic rings. The molecule has 0 saturated heterocycles. The van der Waals surface area contributed by atoms with Gasteiger partial charge in [-0.15, -0.1) is 0 Å². The van der Waals surface area contributed by atoms with Crippen LogP contribution >= 0.6 is 11.6 Å². The van der Waals surface area contributed by atoms with Crippen LogP contribution in [0.25, 0.3) is 0 Å². The Bertz CT molecular complexity index is 1080. The van der Waals surface area contributed by atoms with Crippen molar-refractivity contribution in [2.75, 3.05) is 5.32 Å². The Morgan fingerprint density at radius 1 is 0.724 bits per heavy atom. The fourth-order valence-electron chi connectivity index (χ4n) is 2.63. The third kappa shape index (κ3) is 5.21. The predicted molar refractivity (Wildman–Crippen MR) is 112 cm³/mol. The quantitative estimate of drug-likeness (QED) is 0.572. The molecule has 0 bridgehead atoms. The average Bonchev–Trinajstić information content (AvgIpc) is 2.72. The molecule has 6 nitrogen and oxygen atoms in total. The van der Waals surface area contributed by atoms with E-state index >= 15 is 0 Å². The zero-order valence-corrected chi connectivity index (χ0v) is 16.3. The number of hydrogen-bond acceptors (Lipinski definition) is 3. The summed E-state index contributed by atoms with van der Waals surface area (Å²) in [7, 11) is 0. The Morgan fingerprint density at radius 2 is 1.34 bits per heavy atom. The summed E-state index contributed by atoms with van der Waals surface area (Å²) in [5.41, 5.74) is 7.13. The van der Waals surface area contributed by atoms with Crippen molar-refractivity contribution in [1.82, 2.24) is 10.9 Å². The second-order valence-electron chi connectivity index (χ2n) is 6.29. The Hall–Kier alpha value is -3.64. The molecule has 0 aromatic heterocycles. The van der Waals surface area contributed by atoms with Crippen LogP contribution in [0.15, 0.2) is 72.8 Å². The number of hydrogen-bond donors (Lipinski definition) is 3. The summed E-state index contributed by atoms with van der Waals surface area (Å²) >= 11 is 6.03. The van der Waals surface area contributed by atoms with Crippen LogP contribution in [0.1, 0.15) is 36.6 Å². The third-order valence-corrected chi connectivity index (χ3v) is 4.40. The van der Waals surface area contributed by atoms with Gasteiger partial charge < -0.3 is 5.32 Å². The van der Waals surface area contributed by atoms with Crippen molar-refractivity contribution in [2.24, 2.45) is 0 Å². The lowest BCUT2D eigenvalue weighted by Crippen LogP contribution is -2.41. The van der Waals surface area contributed by atoms with Crippen LogP contribution < -0.4 is 16.2 Å². The van der Waals surface area contributed by atoms with E-state index in [0.717, 1.165) is 5.56 Å². The van der Waals surface area contributed by atoms with Gasteiger partial charge in [0.15, 0.2) is 0 Å². The zero-order valence-electron chi connectivity index (χ0n) is 15.5. The summed E-state index contributed by atoms with van der Waals surface area (Å²) in [5.74, 6) is -1.33. The van der Waals surface area contributed by atoms with Crippen molar-refractivity contribution in [1.29, 1.82) is 0 Å². The average molecular weight is 408 g/mol. The number of aryl methyl sites for hydroxylation is 1. The first kappa shape index (κ1) is 20.1. The van der Waals surface area contributed by atoms with E-state index in [9.17, 15) is 14.4 Å². The van der Waals surface area contributed by atoms with E-state index < -0.39 is 11.8 Å². The van der Waals surface area contributed by atoms with E-state index in [0.29, 0.717) is 21.8 Å². The van der Waals surface area contributed by atoms with Crippen LogP contribution in [0.4, 0.5) is 5.69 Å². The molecule has 3 amide bonds. The molecule has 3 aromatic carbocycles. The van der Waals surface area contributed by atoms with Gasteiger partial charge in [0.1, 0.15) is 0 Å². The number of carbonyl (C=O) groups excluding carboxylic acids is 3. The van der Waals surface area contributed by atoms with E-state index in [1.807, 2.05) is 13.0 Å². The highest BCUT2D eigenvalue weighted by molar-refractivity contribution is 6.34. The number of anilines is 1. The minimum absolute atomic E-state index is 0.270. The molecule has 0 radical (unpaired) electrons. The maximum Gasteiger partial charge on any atom is 0.269 e. The molecule has 0 atom stereocenters. The highest BCUT2D eigenvalue weighted by atomic mass is 35.5. The molecule has 3 rings (SSSR count). The summed E-state index contributed by atoms with van der Waals surface area (Å²) in [6, 6.07) is 20.0. The Labute approximate surface area is 172 Å². The Morgan fingerprint density at radius 3 is 2.00 bits per heavy atom. The van der Waals surface area contributed by atoms with Gasteiger partial charge in [-0.05, 0) is 49.4 Å². The van der Waals surface area contributed by atoms with Gasteiger partial charge in [-0.3, -0.25) is 25.2 Å². The molecule has 0 aliphatic heterocycles. The minimum Gasteiger partial charge on any atom is -0.322 e. The van der Waals surface area contributed by atoms with Crippen molar-refractivity contribution in [3.63, 3.8) is 0 Å². The molecule has 0 unspecified atom stereocenters. The van der Waals surface area contributed by atoms with Crippen molar-refractivity contribution in [2.45, 2.75) is 6.92 Å². The lowest BCUT2D eigenvalue weighted by molar-refractivity contribution is 0.0846. The van der Waals surface area contributed by atoms with E-state index in [1.54, 1.807) is 60.7 Å². The maximum atomic E-state index is 12.4. The predicted octanol–water partition coefficient (Wildman–Crippen LogP) is 3.98. The summed E-state index contributed by atoms with van der Waals surface area (Å²) in [5, 5.41) is 3.03. The number of rotatable bonds is 4. The Balaban J connectivity index is 1.64. The molecule has 0 fully saturated rings. The first-order valence-corrected chi connectivity index (χ1v) is 9.15. The SMILES string of the molecule is Cc1cccc(C(=O)NNC(=O)c2cccc(NC(=O)c3ccccc3Cl)c2)c1. The summed E-state index contributed by atoms with van der Waals surface area (Å²) in [6.07, 6.45) is 0. The number of nitrogens with one attached hydrogen (secondary N) is 3. The van der Waals surface area contributed by atoms with Gasteiger partial charge in [-0.2, -0.15) is 0 Å². The standard InChI is InChI=1S/C22H18ClN3O3/c1-14-6-4-7-15(12-14)20(27)25-26-21(28)16-8-5-9-17(13-16)24-22(29)18-10-2-3-11-19(18)23/h2-13H,1H3,(H,24,29)(H,25,27)(H,26,28). The number of benzene rings is 3. The monoisotopic (exact) mass is 407 g/mol. The first-order chi connectivity index (χ1) is 13.9. The van der Waals surface area contributed by atoms with Crippen molar-refractivity contribution >= 4 is 35.0 Å². The minimum atomic E-state index is -0.514. The van der Waals surface area contributed by atoms with Gasteiger partial charge in [0.05, 0.1) is 10.6 Å². The fraction of sp³-hybridized carbons (Fsp3) is 0.0455. The second kappa shape index (κ2) is 9.03. The second-order valence-corrected chi connectivity index (χ2v) is 6.70. The topological polar surface area (TPSA) is 87.3 Å². The molecule has 146 valence electrons. The number of carbonyl (C=O) groups is 3. The van der Waals surface area contributed by atoms with Crippen LogP contribution in [0, 0.1) is 6.92 Å². The van der Waals surface area contributed by atoms with E-state index in [2.05, 4.69) is 16.2 Å². The molecule has 3 aromatic rings. The third-order valence-electron chi connectivity index (χ3n) is 4.07. The normalized spacial score (nSPS) is 10.1. The first-order valence-electron chi connectivity index (χ1n) is 8.77. The van der Waals surface area contributed by atoms with Gasteiger partial charge in [0.2, 0.25) is 0 Å². The molecule has 0 heterocycles. The van der Waals surface area contributed by atoms with Crippen molar-refractivity contribution < 1.29 is 14.4 Å². The zero-order chi connectivity index (χ0) is 20.8. The molecule has 29 heavy (non-hydrogen) atoms. The van der Waals surface area contributed by atoms with Crippen LogP contribution in [0.2, 0.25) is 5.02 Å². The smallest absolute Gasteiger partial charge is 0.269 e. The highest BCUT2D eigenvalue weighted by Crippen LogP contribution is 2.18. The van der Waals surface area contributed by atoms with Crippen molar-refractivity contribution in [3.05, 3.63) is 100 Å². The molecule has 0 saturated carbocycles. The van der Waals surface area contributed by atoms with Crippen LogP contribution in [-0.4, -0.2) is 17.7 Å².